The molecule has 0 aliphatic heterocycles. The number of hydrogen-bond acceptors (Lipinski definition) is 6. The molecule has 140 valence electrons. The molecule has 1 aromatic carbocycles. The van der Waals surface area contributed by atoms with E-state index >= 15 is 0 Å². The van der Waals surface area contributed by atoms with Crippen LogP contribution in [0.25, 0.3) is 10.6 Å². The van der Waals surface area contributed by atoms with Crippen LogP contribution in [-0.4, -0.2) is 29.1 Å². The Hall–Kier alpha value is -2.93. The van der Waals surface area contributed by atoms with Crippen molar-refractivity contribution in [1.29, 1.82) is 0 Å². The standard InChI is InChI=1S/C20H21N3O3S/c1-13-18(27-20(23-13)15-5-4-10-21-11-15)12-22-19(24)14(2)26-17-8-6-16(25-3)7-9-17/h4-11,14H,12H2,1-3H3,(H,22,24). The van der Waals surface area contributed by atoms with E-state index in [9.17, 15) is 4.79 Å². The molecular weight excluding hydrogens is 362 g/mol. The van der Waals surface area contributed by atoms with E-state index in [1.165, 1.54) is 0 Å². The molecule has 2 heterocycles. The number of benzene rings is 1. The second-order valence-corrected chi connectivity index (χ2v) is 7.01. The van der Waals surface area contributed by atoms with Crippen molar-refractivity contribution in [2.24, 2.45) is 0 Å². The summed E-state index contributed by atoms with van der Waals surface area (Å²) in [7, 11) is 1.60. The van der Waals surface area contributed by atoms with Gasteiger partial charge in [-0.3, -0.25) is 9.78 Å². The number of pyridine rings is 1. The smallest absolute Gasteiger partial charge is 0.261 e. The van der Waals surface area contributed by atoms with E-state index in [1.807, 2.05) is 19.1 Å². The number of amides is 1. The third kappa shape index (κ3) is 4.83. The fourth-order valence-corrected chi connectivity index (χ4v) is 3.42. The van der Waals surface area contributed by atoms with Crippen molar-refractivity contribution in [3.63, 3.8) is 0 Å². The molecule has 0 aliphatic carbocycles. The highest BCUT2D eigenvalue weighted by molar-refractivity contribution is 7.15. The topological polar surface area (TPSA) is 73.3 Å². The molecule has 0 bridgehead atoms. The summed E-state index contributed by atoms with van der Waals surface area (Å²) in [5.41, 5.74) is 1.88. The van der Waals surface area contributed by atoms with Gasteiger partial charge in [0.05, 0.1) is 19.3 Å². The normalized spacial score (nSPS) is 11.7. The minimum atomic E-state index is -0.607. The van der Waals surface area contributed by atoms with Crippen molar-refractivity contribution in [2.45, 2.75) is 26.5 Å². The first-order valence-electron chi connectivity index (χ1n) is 8.52. The number of methoxy groups -OCH3 is 1. The van der Waals surface area contributed by atoms with Crippen molar-refractivity contribution in [2.75, 3.05) is 7.11 Å². The zero-order valence-electron chi connectivity index (χ0n) is 15.4. The van der Waals surface area contributed by atoms with Gasteiger partial charge in [-0.2, -0.15) is 0 Å². The van der Waals surface area contributed by atoms with Gasteiger partial charge in [0.1, 0.15) is 16.5 Å². The van der Waals surface area contributed by atoms with E-state index in [0.717, 1.165) is 26.9 Å². The summed E-state index contributed by atoms with van der Waals surface area (Å²) in [6.07, 6.45) is 2.91. The highest BCUT2D eigenvalue weighted by Gasteiger charge is 2.16. The second kappa shape index (κ2) is 8.64. The Morgan fingerprint density at radius 1 is 1.22 bits per heavy atom. The molecule has 0 radical (unpaired) electrons. The van der Waals surface area contributed by atoms with Crippen LogP contribution in [0.5, 0.6) is 11.5 Å². The molecule has 3 rings (SSSR count). The highest BCUT2D eigenvalue weighted by Crippen LogP contribution is 2.27. The van der Waals surface area contributed by atoms with Crippen LogP contribution in [-0.2, 0) is 11.3 Å². The molecule has 1 N–H and O–H groups in total. The molecule has 27 heavy (non-hydrogen) atoms. The van der Waals surface area contributed by atoms with E-state index in [1.54, 1.807) is 62.0 Å². The van der Waals surface area contributed by atoms with E-state index in [-0.39, 0.29) is 5.91 Å². The maximum absolute atomic E-state index is 12.3. The molecule has 1 unspecified atom stereocenters. The first-order chi connectivity index (χ1) is 13.1. The van der Waals surface area contributed by atoms with Gasteiger partial charge in [-0.15, -0.1) is 11.3 Å². The predicted molar refractivity (Wildman–Crippen MR) is 105 cm³/mol. The van der Waals surface area contributed by atoms with Gasteiger partial charge in [0.15, 0.2) is 6.10 Å². The van der Waals surface area contributed by atoms with Crippen LogP contribution < -0.4 is 14.8 Å². The summed E-state index contributed by atoms with van der Waals surface area (Å²) in [4.78, 5) is 22.1. The van der Waals surface area contributed by atoms with Gasteiger partial charge in [-0.25, -0.2) is 4.98 Å². The van der Waals surface area contributed by atoms with Crippen molar-refractivity contribution in [3.8, 4) is 22.1 Å². The van der Waals surface area contributed by atoms with Gasteiger partial charge >= 0.3 is 0 Å². The highest BCUT2D eigenvalue weighted by atomic mass is 32.1. The lowest BCUT2D eigenvalue weighted by molar-refractivity contribution is -0.127. The van der Waals surface area contributed by atoms with E-state index in [0.29, 0.717) is 12.3 Å². The number of nitrogens with zero attached hydrogens (tertiary/aromatic N) is 2. The van der Waals surface area contributed by atoms with Crippen molar-refractivity contribution in [3.05, 3.63) is 59.4 Å². The van der Waals surface area contributed by atoms with Crippen molar-refractivity contribution in [1.82, 2.24) is 15.3 Å². The largest absolute Gasteiger partial charge is 0.497 e. The summed E-state index contributed by atoms with van der Waals surface area (Å²) in [5, 5.41) is 3.81. The Morgan fingerprint density at radius 2 is 1.96 bits per heavy atom. The zero-order chi connectivity index (χ0) is 19.2. The number of thiazole rings is 1. The summed E-state index contributed by atoms with van der Waals surface area (Å²) in [5.74, 6) is 1.18. The molecule has 2 aromatic heterocycles. The second-order valence-electron chi connectivity index (χ2n) is 5.92. The monoisotopic (exact) mass is 383 g/mol. The van der Waals surface area contributed by atoms with E-state index < -0.39 is 6.10 Å². The quantitative estimate of drug-likeness (QED) is 0.675. The van der Waals surface area contributed by atoms with E-state index in [2.05, 4.69) is 15.3 Å². The fraction of sp³-hybridized carbons (Fsp3) is 0.250. The van der Waals surface area contributed by atoms with Crippen LogP contribution in [0.2, 0.25) is 0 Å². The first-order valence-corrected chi connectivity index (χ1v) is 9.33. The third-order valence-electron chi connectivity index (χ3n) is 3.97. The molecule has 0 saturated heterocycles. The molecule has 0 spiro atoms. The van der Waals surface area contributed by atoms with Crippen LogP contribution in [0.1, 0.15) is 17.5 Å². The lowest BCUT2D eigenvalue weighted by atomic mass is 10.3. The average Bonchev–Trinajstić information content (AvgIpc) is 3.08. The Bertz CT molecular complexity index is 895. The number of hydrogen-bond donors (Lipinski definition) is 1. The van der Waals surface area contributed by atoms with Gasteiger partial charge in [-0.05, 0) is 50.2 Å². The third-order valence-corrected chi connectivity index (χ3v) is 5.17. The molecule has 0 fully saturated rings. The Labute approximate surface area is 162 Å². The molecule has 1 amide bonds. The number of ether oxygens (including phenoxy) is 2. The molecule has 1 atom stereocenters. The van der Waals surface area contributed by atoms with E-state index in [4.69, 9.17) is 9.47 Å². The van der Waals surface area contributed by atoms with Gasteiger partial charge in [0.2, 0.25) is 0 Å². The number of rotatable bonds is 7. The molecule has 7 heteroatoms. The first kappa shape index (κ1) is 18.8. The van der Waals surface area contributed by atoms with Crippen LogP contribution in [0, 0.1) is 6.92 Å². The van der Waals surface area contributed by atoms with Crippen LogP contribution in [0.4, 0.5) is 0 Å². The molecule has 6 nitrogen and oxygen atoms in total. The number of nitrogens with one attached hydrogen (secondary N) is 1. The zero-order valence-corrected chi connectivity index (χ0v) is 16.2. The number of aromatic nitrogens is 2. The number of carbonyl (C=O) groups excluding carboxylic acids is 1. The SMILES string of the molecule is COc1ccc(OC(C)C(=O)NCc2sc(-c3cccnc3)nc2C)cc1. The maximum atomic E-state index is 12.3. The lowest BCUT2D eigenvalue weighted by Crippen LogP contribution is -2.35. The molecular formula is C20H21N3O3S. The van der Waals surface area contributed by atoms with Gasteiger partial charge < -0.3 is 14.8 Å². The summed E-state index contributed by atoms with van der Waals surface area (Å²) in [6, 6.07) is 11.0. The lowest BCUT2D eigenvalue weighted by Gasteiger charge is -2.14. The minimum Gasteiger partial charge on any atom is -0.497 e. The molecule has 3 aromatic rings. The summed E-state index contributed by atoms with van der Waals surface area (Å²) in [6.45, 7) is 4.08. The average molecular weight is 383 g/mol. The van der Waals surface area contributed by atoms with Crippen LogP contribution in [0.3, 0.4) is 0 Å². The van der Waals surface area contributed by atoms with Crippen molar-refractivity contribution < 1.29 is 14.3 Å². The number of aryl methyl sites for hydroxylation is 1. The van der Waals surface area contributed by atoms with Crippen LogP contribution >= 0.6 is 11.3 Å². The van der Waals surface area contributed by atoms with Crippen molar-refractivity contribution >= 4 is 17.2 Å². The van der Waals surface area contributed by atoms with Gasteiger partial charge in [-0.1, -0.05) is 0 Å². The summed E-state index contributed by atoms with van der Waals surface area (Å²) >= 11 is 1.55. The van der Waals surface area contributed by atoms with Gasteiger partial charge in [0, 0.05) is 22.8 Å². The fourth-order valence-electron chi connectivity index (χ4n) is 2.43. The number of carbonyl (C=O) groups is 1. The Kier molecular flexibility index (Phi) is 6.03. The molecule has 0 aliphatic rings. The summed E-state index contributed by atoms with van der Waals surface area (Å²) < 4.78 is 10.8. The Balaban J connectivity index is 1.57. The predicted octanol–water partition coefficient (Wildman–Crippen LogP) is 3.61. The minimum absolute atomic E-state index is 0.179. The van der Waals surface area contributed by atoms with Crippen LogP contribution in [0.15, 0.2) is 48.8 Å². The maximum Gasteiger partial charge on any atom is 0.261 e. The Morgan fingerprint density at radius 3 is 2.63 bits per heavy atom. The molecule has 0 saturated carbocycles. The van der Waals surface area contributed by atoms with Gasteiger partial charge in [0.25, 0.3) is 5.91 Å².